The van der Waals surface area contributed by atoms with Crippen molar-refractivity contribution in [2.75, 3.05) is 57.6 Å². The van der Waals surface area contributed by atoms with Gasteiger partial charge in [-0.1, -0.05) is 0 Å². The number of hydrogen-bond acceptors (Lipinski definition) is 10. The molecule has 23 heteroatoms. The third-order valence-electron chi connectivity index (χ3n) is 3.44. The van der Waals surface area contributed by atoms with Crippen molar-refractivity contribution < 1.29 is 72.1 Å². The van der Waals surface area contributed by atoms with Crippen molar-refractivity contribution in [2.24, 2.45) is 0 Å². The molecule has 0 aliphatic rings. The van der Waals surface area contributed by atoms with E-state index in [9.17, 15) is 42.7 Å². The van der Waals surface area contributed by atoms with Crippen LogP contribution in [0.1, 0.15) is 0 Å². The van der Waals surface area contributed by atoms with E-state index in [1.807, 2.05) is 0 Å². The summed E-state index contributed by atoms with van der Waals surface area (Å²) in [5.74, 6) is 0. The van der Waals surface area contributed by atoms with E-state index in [2.05, 4.69) is 0 Å². The second kappa shape index (κ2) is 12.7. The van der Waals surface area contributed by atoms with Crippen molar-refractivity contribution in [3.63, 3.8) is 0 Å². The normalized spacial score (nSPS) is 15.2. The minimum absolute atomic E-state index is 0.380. The Morgan fingerprint density at radius 1 is 0.469 bits per heavy atom. The predicted molar refractivity (Wildman–Crippen MR) is 112 cm³/mol. The fraction of sp³-hybridized carbons (Fsp3) is 1.00. The standard InChI is InChI=1S/C9H30N3O15P5/c13-28(14,15)5-10(1-3-11(6-29(16,17)18)7-30(19,20)21)2-4-12(8-31(22,23)24)9-32(25,26)27/h16-18,29H,1-9H2,(H2,13,14,15)(H2,19,20,21)(H2,22,23,24)(H2,25,26,27). The van der Waals surface area contributed by atoms with Gasteiger partial charge in [-0.15, -0.1) is 0 Å². The predicted octanol–water partition coefficient (Wildman–Crippen LogP) is -3.14. The van der Waals surface area contributed by atoms with Crippen molar-refractivity contribution >= 4 is 38.3 Å². The van der Waals surface area contributed by atoms with Gasteiger partial charge in [-0.25, -0.2) is 0 Å². The fourth-order valence-corrected chi connectivity index (χ4v) is 6.85. The first-order valence-electron chi connectivity index (χ1n) is 8.47. The molecule has 0 aliphatic heterocycles. The number of hydrogen-bond donors (Lipinski definition) is 11. The first-order valence-corrected chi connectivity index (χ1v) is 17.7. The molecule has 0 aromatic heterocycles. The molecule has 0 unspecified atom stereocenters. The Balaban J connectivity index is 5.39. The Bertz CT molecular complexity index is 743. The molecule has 11 N–H and O–H groups in total. The van der Waals surface area contributed by atoms with Crippen LogP contribution in [0, 0.1) is 0 Å². The fourth-order valence-electron chi connectivity index (χ4n) is 2.55. The van der Waals surface area contributed by atoms with Crippen molar-refractivity contribution in [3.05, 3.63) is 0 Å². The summed E-state index contributed by atoms with van der Waals surface area (Å²) < 4.78 is 45.0. The van der Waals surface area contributed by atoms with Crippen LogP contribution in [0.4, 0.5) is 0 Å². The van der Waals surface area contributed by atoms with Crippen molar-refractivity contribution in [1.82, 2.24) is 14.7 Å². The van der Waals surface area contributed by atoms with Gasteiger partial charge in [-0.3, -0.25) is 0 Å². The molecule has 0 atom stereocenters. The number of rotatable bonds is 16. The van der Waals surface area contributed by atoms with Crippen LogP contribution in [0.5, 0.6) is 0 Å². The van der Waals surface area contributed by atoms with Crippen LogP contribution in [0.15, 0.2) is 0 Å². The summed E-state index contributed by atoms with van der Waals surface area (Å²) in [5.41, 5.74) is 0. The van der Waals surface area contributed by atoms with Crippen LogP contribution in [-0.4, -0.2) is 126 Å². The maximum atomic E-state index is 11.4. The Labute approximate surface area is 183 Å². The third-order valence-corrected chi connectivity index (χ3v) is 7.38. The van der Waals surface area contributed by atoms with Crippen molar-refractivity contribution in [3.8, 4) is 0 Å². The Morgan fingerprint density at radius 3 is 1.03 bits per heavy atom. The van der Waals surface area contributed by atoms with E-state index in [-0.39, 0.29) is 6.54 Å². The molecule has 32 heavy (non-hydrogen) atoms. The van der Waals surface area contributed by atoms with Gasteiger partial charge >= 0.3 is 183 Å². The summed E-state index contributed by atoms with van der Waals surface area (Å²) in [6.07, 6.45) is -4.99. The molecule has 0 spiro atoms. The van der Waals surface area contributed by atoms with Gasteiger partial charge in [0.2, 0.25) is 0 Å². The quantitative estimate of drug-likeness (QED) is 0.0810. The molecule has 0 fully saturated rings. The molecular formula is C9H30N3O15P5. The topological polar surface area (TPSA) is 301 Å². The van der Waals surface area contributed by atoms with Gasteiger partial charge < -0.3 is 0 Å². The van der Waals surface area contributed by atoms with Gasteiger partial charge in [0, 0.05) is 0 Å². The summed E-state index contributed by atoms with van der Waals surface area (Å²) in [4.78, 5) is 103. The van der Waals surface area contributed by atoms with Crippen molar-refractivity contribution in [1.29, 1.82) is 0 Å². The molecule has 0 aliphatic carbocycles. The monoisotopic (exact) mass is 575 g/mol. The molecule has 0 rings (SSSR count). The summed E-state index contributed by atoms with van der Waals surface area (Å²) in [6, 6.07) is 0. The van der Waals surface area contributed by atoms with E-state index in [0.717, 1.165) is 9.80 Å². The van der Waals surface area contributed by atoms with Crippen LogP contribution >= 0.6 is 38.3 Å². The van der Waals surface area contributed by atoms with Gasteiger partial charge in [-0.05, 0) is 0 Å². The molecule has 0 saturated heterocycles. The average Bonchev–Trinajstić information content (AvgIpc) is 2.41. The summed E-state index contributed by atoms with van der Waals surface area (Å²) in [5, 5.41) is 0. The molecule has 0 bridgehead atoms. The summed E-state index contributed by atoms with van der Waals surface area (Å²) in [6.45, 7) is -1.67. The molecule has 0 saturated carbocycles. The Morgan fingerprint density at radius 2 is 0.719 bits per heavy atom. The maximum absolute atomic E-state index is 11.4. The zero-order chi connectivity index (χ0) is 25.6. The summed E-state index contributed by atoms with van der Waals surface area (Å²) in [7, 11) is -23.7. The first kappa shape index (κ1) is 32.8. The van der Waals surface area contributed by atoms with Crippen LogP contribution in [0.2, 0.25) is 0 Å². The second-order valence-corrected chi connectivity index (χ2v) is 15.4. The average molecular weight is 575 g/mol. The van der Waals surface area contributed by atoms with E-state index in [4.69, 9.17) is 29.4 Å². The van der Waals surface area contributed by atoms with E-state index < -0.39 is 89.4 Å². The van der Waals surface area contributed by atoms with Crippen LogP contribution in [-0.2, 0) is 18.3 Å². The third kappa shape index (κ3) is 21.3. The zero-order valence-electron chi connectivity index (χ0n) is 16.5. The molecular weight excluding hydrogens is 545 g/mol. The molecule has 196 valence electrons. The molecule has 0 aromatic carbocycles. The van der Waals surface area contributed by atoms with E-state index >= 15 is 0 Å². The minimum atomic E-state index is -4.80. The van der Waals surface area contributed by atoms with Gasteiger partial charge in [0.25, 0.3) is 0 Å². The molecule has 0 heterocycles. The van der Waals surface area contributed by atoms with Gasteiger partial charge in [0.05, 0.1) is 0 Å². The molecule has 0 amide bonds. The first-order chi connectivity index (χ1) is 13.9. The van der Waals surface area contributed by atoms with Gasteiger partial charge in [0.15, 0.2) is 0 Å². The van der Waals surface area contributed by atoms with Crippen LogP contribution in [0.3, 0.4) is 0 Å². The van der Waals surface area contributed by atoms with Crippen LogP contribution in [0.25, 0.3) is 0 Å². The van der Waals surface area contributed by atoms with E-state index in [1.165, 1.54) is 0 Å². The molecule has 0 radical (unpaired) electrons. The Kier molecular flexibility index (Phi) is 13.0. The molecule has 0 aromatic rings. The summed E-state index contributed by atoms with van der Waals surface area (Å²) >= 11 is 0. The second-order valence-electron chi connectivity index (χ2n) is 7.06. The van der Waals surface area contributed by atoms with E-state index in [1.54, 1.807) is 0 Å². The van der Waals surface area contributed by atoms with Gasteiger partial charge in [-0.2, -0.15) is 0 Å². The van der Waals surface area contributed by atoms with Crippen LogP contribution < -0.4 is 0 Å². The van der Waals surface area contributed by atoms with E-state index in [0.29, 0.717) is 4.90 Å². The van der Waals surface area contributed by atoms with Gasteiger partial charge in [0.1, 0.15) is 0 Å². The molecule has 18 nitrogen and oxygen atoms in total. The number of nitrogens with zero attached hydrogens (tertiary/aromatic N) is 3. The zero-order valence-corrected chi connectivity index (χ0v) is 21.1. The van der Waals surface area contributed by atoms with Crippen molar-refractivity contribution in [2.45, 2.75) is 0 Å². The Hall–Kier alpha value is 0.790. The SMILES string of the molecule is O=P(O)(O)CN(CCN(CP(=O)(O)O)CP(=O)(O)O)CCN(CP(=O)(O)O)C[PH](O)(O)O.